The first-order chi connectivity index (χ1) is 11.0. The molecule has 1 aromatic rings. The molecule has 2 heterocycles. The summed E-state index contributed by atoms with van der Waals surface area (Å²) in [4.78, 5) is 16.8. The summed E-state index contributed by atoms with van der Waals surface area (Å²) >= 11 is 0. The number of hydrogen-bond donors (Lipinski definition) is 0. The minimum absolute atomic E-state index is 0.0747. The van der Waals surface area contributed by atoms with Gasteiger partial charge in [-0.3, -0.25) is 4.79 Å². The van der Waals surface area contributed by atoms with Gasteiger partial charge in [-0.1, -0.05) is 0 Å². The Hall–Kier alpha value is -1.62. The number of amides is 1. The lowest BCUT2D eigenvalue weighted by molar-refractivity contribution is 0.0352. The van der Waals surface area contributed by atoms with Gasteiger partial charge in [0.2, 0.25) is 0 Å². The largest absolute Gasteiger partial charge is 0.494 e. The number of carbonyl (C=O) groups excluding carboxylic acids is 1. The summed E-state index contributed by atoms with van der Waals surface area (Å²) in [6.45, 7) is 3.85. The lowest BCUT2D eigenvalue weighted by atomic mass is 9.71. The Morgan fingerprint density at radius 1 is 1.13 bits per heavy atom. The second kappa shape index (κ2) is 6.48. The van der Waals surface area contributed by atoms with E-state index in [2.05, 4.69) is 11.9 Å². The number of carbonyl (C=O) groups is 1. The second-order valence-corrected chi connectivity index (χ2v) is 6.94. The third kappa shape index (κ3) is 3.34. The van der Waals surface area contributed by atoms with Crippen molar-refractivity contribution in [2.75, 3.05) is 40.3 Å². The van der Waals surface area contributed by atoms with Crippen molar-refractivity contribution in [1.29, 1.82) is 0 Å². The van der Waals surface area contributed by atoms with Crippen LogP contribution in [0.25, 0.3) is 0 Å². The average molecular weight is 320 g/mol. The van der Waals surface area contributed by atoms with Crippen molar-refractivity contribution in [2.24, 2.45) is 5.41 Å². The highest BCUT2D eigenvalue weighted by Gasteiger charge is 2.38. The van der Waals surface area contributed by atoms with Crippen LogP contribution < -0.4 is 4.74 Å². The fraction of sp³-hybridized carbons (Fsp3) is 0.611. The SMILES string of the molecule is COc1ccc(C(=O)N2CCC3(CCN(C)CC3)CC2)cc1F. The van der Waals surface area contributed by atoms with Crippen LogP contribution in [0.3, 0.4) is 0 Å². The summed E-state index contributed by atoms with van der Waals surface area (Å²) in [7, 11) is 3.59. The fourth-order valence-corrected chi connectivity index (χ4v) is 3.76. The predicted molar refractivity (Wildman–Crippen MR) is 87.3 cm³/mol. The monoisotopic (exact) mass is 320 g/mol. The molecule has 0 N–H and O–H groups in total. The summed E-state index contributed by atoms with van der Waals surface area (Å²) < 4.78 is 18.7. The fourth-order valence-electron chi connectivity index (χ4n) is 3.76. The lowest BCUT2D eigenvalue weighted by Crippen LogP contribution is -2.47. The maximum Gasteiger partial charge on any atom is 0.253 e. The number of halogens is 1. The maximum atomic E-state index is 13.8. The zero-order chi connectivity index (χ0) is 16.4. The van der Waals surface area contributed by atoms with Gasteiger partial charge in [-0.05, 0) is 69.4 Å². The molecule has 23 heavy (non-hydrogen) atoms. The molecule has 2 aliphatic rings. The van der Waals surface area contributed by atoms with E-state index in [1.165, 1.54) is 32.1 Å². The van der Waals surface area contributed by atoms with Crippen LogP contribution >= 0.6 is 0 Å². The van der Waals surface area contributed by atoms with Crippen LogP contribution in [0, 0.1) is 11.2 Å². The molecule has 0 unspecified atom stereocenters. The van der Waals surface area contributed by atoms with Gasteiger partial charge < -0.3 is 14.5 Å². The van der Waals surface area contributed by atoms with E-state index in [0.29, 0.717) is 11.0 Å². The van der Waals surface area contributed by atoms with E-state index in [4.69, 9.17) is 4.74 Å². The summed E-state index contributed by atoms with van der Waals surface area (Å²) in [6, 6.07) is 4.44. The van der Waals surface area contributed by atoms with Crippen LogP contribution in [0.5, 0.6) is 5.75 Å². The van der Waals surface area contributed by atoms with Crippen LogP contribution in [0.4, 0.5) is 4.39 Å². The van der Waals surface area contributed by atoms with Crippen molar-refractivity contribution < 1.29 is 13.9 Å². The number of nitrogens with zero attached hydrogens (tertiary/aromatic N) is 2. The number of methoxy groups -OCH3 is 1. The minimum Gasteiger partial charge on any atom is -0.494 e. The van der Waals surface area contributed by atoms with E-state index in [1.807, 2.05) is 4.90 Å². The number of hydrogen-bond acceptors (Lipinski definition) is 3. The van der Waals surface area contributed by atoms with Gasteiger partial charge in [0.1, 0.15) is 0 Å². The predicted octanol–water partition coefficient (Wildman–Crippen LogP) is 2.78. The average Bonchev–Trinajstić information content (AvgIpc) is 2.58. The molecule has 1 aromatic carbocycles. The molecule has 0 saturated carbocycles. The van der Waals surface area contributed by atoms with Crippen molar-refractivity contribution in [1.82, 2.24) is 9.80 Å². The molecule has 3 rings (SSSR count). The van der Waals surface area contributed by atoms with E-state index in [-0.39, 0.29) is 11.7 Å². The van der Waals surface area contributed by atoms with Gasteiger partial charge in [0.05, 0.1) is 7.11 Å². The smallest absolute Gasteiger partial charge is 0.253 e. The van der Waals surface area contributed by atoms with Crippen molar-refractivity contribution in [3.63, 3.8) is 0 Å². The van der Waals surface area contributed by atoms with Crippen molar-refractivity contribution >= 4 is 5.91 Å². The quantitative estimate of drug-likeness (QED) is 0.840. The molecule has 2 aliphatic heterocycles. The van der Waals surface area contributed by atoms with Crippen molar-refractivity contribution in [2.45, 2.75) is 25.7 Å². The molecule has 126 valence electrons. The Balaban J connectivity index is 1.63. The van der Waals surface area contributed by atoms with Gasteiger partial charge in [0, 0.05) is 18.7 Å². The molecule has 0 aliphatic carbocycles. The number of likely N-dealkylation sites (tertiary alicyclic amines) is 2. The molecule has 1 amide bonds. The maximum absolute atomic E-state index is 13.8. The van der Waals surface area contributed by atoms with Gasteiger partial charge in [-0.15, -0.1) is 0 Å². The normalized spacial score (nSPS) is 21.4. The molecule has 0 atom stereocenters. The zero-order valence-corrected chi connectivity index (χ0v) is 14.0. The summed E-state index contributed by atoms with van der Waals surface area (Å²) in [5.41, 5.74) is 0.816. The van der Waals surface area contributed by atoms with Crippen LogP contribution in [0.2, 0.25) is 0 Å². The first-order valence-corrected chi connectivity index (χ1v) is 8.34. The van der Waals surface area contributed by atoms with E-state index in [9.17, 15) is 9.18 Å². The molecular weight excluding hydrogens is 295 g/mol. The summed E-state index contributed by atoms with van der Waals surface area (Å²) in [5.74, 6) is -0.387. The van der Waals surface area contributed by atoms with Crippen LogP contribution in [0.1, 0.15) is 36.0 Å². The number of ether oxygens (including phenoxy) is 1. The van der Waals surface area contributed by atoms with Crippen LogP contribution in [-0.4, -0.2) is 56.0 Å². The number of rotatable bonds is 2. The minimum atomic E-state index is -0.484. The van der Waals surface area contributed by atoms with Crippen molar-refractivity contribution in [3.05, 3.63) is 29.6 Å². The summed E-state index contributed by atoms with van der Waals surface area (Å²) in [5, 5.41) is 0. The Labute approximate surface area is 137 Å². The molecule has 2 saturated heterocycles. The third-order valence-corrected chi connectivity index (χ3v) is 5.56. The van der Waals surface area contributed by atoms with Gasteiger partial charge in [-0.2, -0.15) is 0 Å². The second-order valence-electron chi connectivity index (χ2n) is 6.94. The molecular formula is C18H25FN2O2. The Kier molecular flexibility index (Phi) is 4.57. The van der Waals surface area contributed by atoms with Gasteiger partial charge >= 0.3 is 0 Å². The molecule has 5 heteroatoms. The van der Waals surface area contributed by atoms with E-state index < -0.39 is 5.82 Å². The van der Waals surface area contributed by atoms with Gasteiger partial charge in [0.25, 0.3) is 5.91 Å². The van der Waals surface area contributed by atoms with E-state index in [1.54, 1.807) is 6.07 Å². The molecule has 4 nitrogen and oxygen atoms in total. The molecule has 2 fully saturated rings. The van der Waals surface area contributed by atoms with Crippen LogP contribution in [-0.2, 0) is 0 Å². The van der Waals surface area contributed by atoms with E-state index >= 15 is 0 Å². The molecule has 1 spiro atoms. The van der Waals surface area contributed by atoms with Crippen molar-refractivity contribution in [3.8, 4) is 5.75 Å². The van der Waals surface area contributed by atoms with Gasteiger partial charge in [-0.25, -0.2) is 4.39 Å². The number of benzene rings is 1. The Morgan fingerprint density at radius 3 is 2.30 bits per heavy atom. The first kappa shape index (κ1) is 16.2. The lowest BCUT2D eigenvalue weighted by Gasteiger charge is -2.46. The summed E-state index contributed by atoms with van der Waals surface area (Å²) in [6.07, 6.45) is 4.57. The zero-order valence-electron chi connectivity index (χ0n) is 14.0. The molecule has 0 aromatic heterocycles. The molecule has 0 radical (unpaired) electrons. The highest BCUT2D eigenvalue weighted by molar-refractivity contribution is 5.94. The molecule has 0 bridgehead atoms. The van der Waals surface area contributed by atoms with Crippen LogP contribution in [0.15, 0.2) is 18.2 Å². The van der Waals surface area contributed by atoms with Gasteiger partial charge in [0.15, 0.2) is 11.6 Å². The Bertz CT molecular complexity index is 572. The standard InChI is InChI=1S/C18H25FN2O2/c1-20-9-5-18(6-10-20)7-11-21(12-8-18)17(22)14-3-4-16(23-2)15(19)13-14/h3-4,13H,5-12H2,1-2H3. The topological polar surface area (TPSA) is 32.8 Å². The number of piperidine rings is 2. The highest BCUT2D eigenvalue weighted by Crippen LogP contribution is 2.41. The van der Waals surface area contributed by atoms with E-state index in [0.717, 1.165) is 39.0 Å². The Morgan fingerprint density at radius 2 is 1.74 bits per heavy atom. The third-order valence-electron chi connectivity index (χ3n) is 5.56. The highest BCUT2D eigenvalue weighted by atomic mass is 19.1. The first-order valence-electron chi connectivity index (χ1n) is 8.34.